The van der Waals surface area contributed by atoms with Gasteiger partial charge in [0.15, 0.2) is 0 Å². The fourth-order valence-electron chi connectivity index (χ4n) is 4.14. The van der Waals surface area contributed by atoms with Crippen LogP contribution >= 0.6 is 0 Å². The molecule has 2 saturated carbocycles. The molecule has 1 saturated heterocycles. The van der Waals surface area contributed by atoms with Crippen molar-refractivity contribution >= 4 is 11.8 Å². The Morgan fingerprint density at radius 1 is 0.864 bits per heavy atom. The summed E-state index contributed by atoms with van der Waals surface area (Å²) < 4.78 is 0. The number of rotatable bonds is 3. The fourth-order valence-corrected chi connectivity index (χ4v) is 4.14. The molecule has 3 fully saturated rings. The van der Waals surface area contributed by atoms with Crippen molar-refractivity contribution in [2.24, 2.45) is 11.8 Å². The molecule has 2 amide bonds. The van der Waals surface area contributed by atoms with Crippen molar-refractivity contribution in [3.63, 3.8) is 0 Å². The van der Waals surface area contributed by atoms with E-state index in [2.05, 4.69) is 10.6 Å². The van der Waals surface area contributed by atoms with Gasteiger partial charge >= 0.3 is 0 Å². The van der Waals surface area contributed by atoms with E-state index >= 15 is 0 Å². The third-order valence-corrected chi connectivity index (χ3v) is 5.58. The molecule has 0 aromatic carbocycles. The molecule has 0 unspecified atom stereocenters. The molecule has 2 aliphatic carbocycles. The van der Waals surface area contributed by atoms with Gasteiger partial charge in [-0.2, -0.15) is 0 Å². The number of nitrogens with one attached hydrogen (secondary N) is 2. The van der Waals surface area contributed by atoms with Crippen molar-refractivity contribution in [1.29, 1.82) is 0 Å². The van der Waals surface area contributed by atoms with Crippen molar-refractivity contribution in [2.45, 2.75) is 57.4 Å². The minimum absolute atomic E-state index is 0.178. The number of hydrogen-bond donors (Lipinski definition) is 2. The lowest BCUT2D eigenvalue weighted by Gasteiger charge is -2.34. The largest absolute Gasteiger partial charge is 0.353 e. The molecule has 0 spiro atoms. The van der Waals surface area contributed by atoms with E-state index in [0.717, 1.165) is 64.7 Å². The molecule has 22 heavy (non-hydrogen) atoms. The Kier molecular flexibility index (Phi) is 5.34. The summed E-state index contributed by atoms with van der Waals surface area (Å²) in [5.74, 6) is 1.02. The van der Waals surface area contributed by atoms with Gasteiger partial charge < -0.3 is 15.5 Å². The van der Waals surface area contributed by atoms with E-state index in [-0.39, 0.29) is 17.7 Å². The second-order valence-electron chi connectivity index (χ2n) is 7.11. The Balaban J connectivity index is 1.41. The molecule has 0 aromatic rings. The predicted molar refractivity (Wildman–Crippen MR) is 85.3 cm³/mol. The second-order valence-corrected chi connectivity index (χ2v) is 7.11. The molecule has 0 atom stereocenters. The van der Waals surface area contributed by atoms with E-state index in [0.29, 0.717) is 11.9 Å². The summed E-state index contributed by atoms with van der Waals surface area (Å²) in [6.07, 6.45) is 8.29. The second kappa shape index (κ2) is 7.44. The van der Waals surface area contributed by atoms with Crippen LogP contribution in [0.25, 0.3) is 0 Å². The number of amides is 2. The van der Waals surface area contributed by atoms with Gasteiger partial charge in [0.1, 0.15) is 0 Å². The molecular weight excluding hydrogens is 278 g/mol. The first-order valence-corrected chi connectivity index (χ1v) is 9.04. The number of hydrogen-bond acceptors (Lipinski definition) is 3. The highest BCUT2D eigenvalue weighted by atomic mass is 16.2. The van der Waals surface area contributed by atoms with Gasteiger partial charge in [0.2, 0.25) is 11.8 Å². The summed E-state index contributed by atoms with van der Waals surface area (Å²) >= 11 is 0. The molecule has 2 N–H and O–H groups in total. The zero-order valence-corrected chi connectivity index (χ0v) is 13.5. The van der Waals surface area contributed by atoms with Crippen molar-refractivity contribution in [1.82, 2.24) is 15.5 Å². The number of carbonyl (C=O) groups is 2. The van der Waals surface area contributed by atoms with Crippen LogP contribution in [0.3, 0.4) is 0 Å². The first-order valence-electron chi connectivity index (χ1n) is 9.04. The van der Waals surface area contributed by atoms with E-state index in [4.69, 9.17) is 0 Å². The summed E-state index contributed by atoms with van der Waals surface area (Å²) in [6.45, 7) is 3.52. The lowest BCUT2D eigenvalue weighted by Crippen LogP contribution is -2.49. The Bertz CT molecular complexity index is 393. The molecule has 1 heterocycles. The van der Waals surface area contributed by atoms with Crippen LogP contribution in [0.4, 0.5) is 0 Å². The van der Waals surface area contributed by atoms with Gasteiger partial charge in [0, 0.05) is 44.1 Å². The van der Waals surface area contributed by atoms with E-state index in [9.17, 15) is 9.59 Å². The molecule has 3 aliphatic rings. The molecule has 5 heteroatoms. The van der Waals surface area contributed by atoms with Crippen LogP contribution in [0.5, 0.6) is 0 Å². The minimum Gasteiger partial charge on any atom is -0.353 e. The first kappa shape index (κ1) is 15.8. The monoisotopic (exact) mass is 307 g/mol. The van der Waals surface area contributed by atoms with Gasteiger partial charge in [-0.25, -0.2) is 0 Å². The van der Waals surface area contributed by atoms with Crippen LogP contribution in [-0.2, 0) is 9.59 Å². The van der Waals surface area contributed by atoms with Gasteiger partial charge in [-0.05, 0) is 38.5 Å². The lowest BCUT2D eigenvalue weighted by atomic mass is 9.84. The van der Waals surface area contributed by atoms with Crippen molar-refractivity contribution in [3.8, 4) is 0 Å². The summed E-state index contributed by atoms with van der Waals surface area (Å²) in [6, 6.07) is 0.292. The van der Waals surface area contributed by atoms with Crippen LogP contribution in [0, 0.1) is 11.8 Å². The topological polar surface area (TPSA) is 61.4 Å². The molecule has 0 aromatic heterocycles. The average Bonchev–Trinajstić information content (AvgIpc) is 3.10. The van der Waals surface area contributed by atoms with Crippen LogP contribution < -0.4 is 10.6 Å². The molecule has 0 bridgehead atoms. The molecule has 124 valence electrons. The maximum absolute atomic E-state index is 12.5. The molecular formula is C17H29N3O2. The van der Waals surface area contributed by atoms with Crippen LogP contribution in [0.2, 0.25) is 0 Å². The highest BCUT2D eigenvalue weighted by Crippen LogP contribution is 2.28. The first-order chi connectivity index (χ1) is 10.7. The van der Waals surface area contributed by atoms with Crippen LogP contribution in [0.1, 0.15) is 51.4 Å². The Hall–Kier alpha value is -1.10. The standard InChI is InChI=1S/C17H29N3O2/c21-16(13-3-1-2-4-13)19-15-7-5-14(6-8-15)17(22)20-11-9-18-10-12-20/h13-15,18H,1-12H2,(H,19,21). The summed E-state index contributed by atoms with van der Waals surface area (Å²) in [4.78, 5) is 26.7. The lowest BCUT2D eigenvalue weighted by molar-refractivity contribution is -0.137. The molecule has 0 radical (unpaired) electrons. The van der Waals surface area contributed by atoms with Crippen molar-refractivity contribution in [3.05, 3.63) is 0 Å². The number of carbonyl (C=O) groups excluding carboxylic acids is 2. The van der Waals surface area contributed by atoms with Gasteiger partial charge in [-0.1, -0.05) is 12.8 Å². The minimum atomic E-state index is 0.178. The quantitative estimate of drug-likeness (QED) is 0.826. The van der Waals surface area contributed by atoms with Crippen LogP contribution in [-0.4, -0.2) is 48.9 Å². The predicted octanol–water partition coefficient (Wildman–Crippen LogP) is 1.28. The normalized spacial score (nSPS) is 30.3. The maximum atomic E-state index is 12.5. The highest BCUT2D eigenvalue weighted by molar-refractivity contribution is 5.80. The molecule has 3 rings (SSSR count). The summed E-state index contributed by atoms with van der Waals surface area (Å²) in [7, 11) is 0. The smallest absolute Gasteiger partial charge is 0.225 e. The highest BCUT2D eigenvalue weighted by Gasteiger charge is 2.31. The SMILES string of the molecule is O=C(NC1CCC(C(=O)N2CCNCC2)CC1)C1CCCC1. The van der Waals surface area contributed by atoms with Gasteiger partial charge in [0.25, 0.3) is 0 Å². The molecule has 5 nitrogen and oxygen atoms in total. The summed E-state index contributed by atoms with van der Waals surface area (Å²) in [5, 5.41) is 6.51. The fraction of sp³-hybridized carbons (Fsp3) is 0.882. The van der Waals surface area contributed by atoms with Crippen molar-refractivity contribution < 1.29 is 9.59 Å². The Morgan fingerprint density at radius 2 is 1.50 bits per heavy atom. The average molecular weight is 307 g/mol. The van der Waals surface area contributed by atoms with Gasteiger partial charge in [-0.3, -0.25) is 9.59 Å². The Labute approximate surface area is 133 Å². The Morgan fingerprint density at radius 3 is 2.14 bits per heavy atom. The zero-order valence-electron chi connectivity index (χ0n) is 13.5. The van der Waals surface area contributed by atoms with Gasteiger partial charge in [-0.15, -0.1) is 0 Å². The van der Waals surface area contributed by atoms with Gasteiger partial charge in [0.05, 0.1) is 0 Å². The number of piperazine rings is 1. The maximum Gasteiger partial charge on any atom is 0.225 e. The zero-order chi connectivity index (χ0) is 15.4. The van der Waals surface area contributed by atoms with E-state index in [1.54, 1.807) is 0 Å². The third kappa shape index (κ3) is 3.80. The van der Waals surface area contributed by atoms with Crippen molar-refractivity contribution in [2.75, 3.05) is 26.2 Å². The van der Waals surface area contributed by atoms with Crippen LogP contribution in [0.15, 0.2) is 0 Å². The third-order valence-electron chi connectivity index (χ3n) is 5.58. The van der Waals surface area contributed by atoms with E-state index < -0.39 is 0 Å². The number of nitrogens with zero attached hydrogens (tertiary/aromatic N) is 1. The summed E-state index contributed by atoms with van der Waals surface area (Å²) in [5.41, 5.74) is 0. The van der Waals surface area contributed by atoms with E-state index in [1.807, 2.05) is 4.90 Å². The van der Waals surface area contributed by atoms with E-state index in [1.165, 1.54) is 12.8 Å². The molecule has 1 aliphatic heterocycles.